The largest absolute Gasteiger partial charge is 0.396 e. The quantitative estimate of drug-likeness (QED) is 0.159. The number of aromatic nitrogens is 4. The molecule has 0 saturated heterocycles. The molecule has 15 heteroatoms. The summed E-state index contributed by atoms with van der Waals surface area (Å²) in [5.74, 6) is -0.651. The molecule has 8 heterocycles. The van der Waals surface area contributed by atoms with Gasteiger partial charge in [-0.2, -0.15) is 0 Å². The lowest BCUT2D eigenvalue weighted by Crippen LogP contribution is -2.40. The van der Waals surface area contributed by atoms with Crippen molar-refractivity contribution in [3.05, 3.63) is 111 Å². The van der Waals surface area contributed by atoms with Crippen LogP contribution in [0.4, 0.5) is 25.8 Å². The highest BCUT2D eigenvalue weighted by Crippen LogP contribution is 2.44. The van der Waals surface area contributed by atoms with E-state index in [2.05, 4.69) is 101 Å². The molecule has 0 fully saturated rings. The highest BCUT2D eigenvalue weighted by molar-refractivity contribution is 7.20. The second-order valence-electron chi connectivity index (χ2n) is 15.2. The third kappa shape index (κ3) is 7.99. The van der Waals surface area contributed by atoms with E-state index in [0.29, 0.717) is 5.69 Å². The first-order valence-electron chi connectivity index (χ1n) is 19.2. The van der Waals surface area contributed by atoms with Crippen molar-refractivity contribution in [3.8, 4) is 0 Å². The van der Waals surface area contributed by atoms with Crippen LogP contribution in [0.1, 0.15) is 51.3 Å². The maximum absolute atomic E-state index is 14.6. The number of pyridine rings is 2. The van der Waals surface area contributed by atoms with Crippen LogP contribution in [0.25, 0.3) is 52.0 Å². The molecule has 0 amide bonds. The molecule has 8 aromatic rings. The zero-order chi connectivity index (χ0) is 41.6. The average molecular weight is 886 g/mol. The van der Waals surface area contributed by atoms with E-state index in [1.54, 1.807) is 58.2 Å². The number of benzene rings is 2. The number of nitrogens with zero attached hydrogens (tertiary/aromatic N) is 6. The van der Waals surface area contributed by atoms with Gasteiger partial charge in [-0.1, -0.05) is 37.6 Å². The zero-order valence-corrected chi connectivity index (χ0v) is 37.5. The van der Waals surface area contributed by atoms with Gasteiger partial charge in [0.15, 0.2) is 0 Å². The molecule has 0 atom stereocenters. The Hall–Kier alpha value is -4.41. The standard InChI is InChI=1S/C22H21FN4S2.C15H17ClN2S.C7H5FN2S/c1-4-27-8-6-14(22(27,2)3)19-9-13-16(5-7-24-21(13)29-19)26-17-11-18-20(10-15(17)23)28-12-25-18;1-4-18-8-6-11(15(18,2)3)13-9-10-12(16)5-7-17-14(10)19-13;8-4-1-7-6(2-5(4)9)10-3-11-7/h5-7,9-12H,4,8H2,1-3H3,(H,24,26);5-7,9H,4,8H2,1-3H3;1-3H,9H2. The Morgan fingerprint density at radius 3 is 1.78 bits per heavy atom. The number of nitrogens with two attached hydrogens (primary N) is 1. The molecule has 0 radical (unpaired) electrons. The average Bonchev–Trinajstić information content (AvgIpc) is 4.06. The Morgan fingerprint density at radius 2 is 1.22 bits per heavy atom. The van der Waals surface area contributed by atoms with Gasteiger partial charge in [0.2, 0.25) is 0 Å². The minimum Gasteiger partial charge on any atom is -0.396 e. The van der Waals surface area contributed by atoms with Crippen molar-refractivity contribution in [1.29, 1.82) is 0 Å². The lowest BCUT2D eigenvalue weighted by Gasteiger charge is -2.33. The molecule has 0 saturated carbocycles. The van der Waals surface area contributed by atoms with Gasteiger partial charge in [0, 0.05) is 57.1 Å². The van der Waals surface area contributed by atoms with Gasteiger partial charge in [0.1, 0.15) is 21.3 Å². The number of hydrogen-bond donors (Lipinski definition) is 2. The molecule has 2 aromatic carbocycles. The number of hydrogen-bond acceptors (Lipinski definition) is 12. The molecular weight excluding hydrogens is 842 g/mol. The van der Waals surface area contributed by atoms with E-state index in [-0.39, 0.29) is 28.4 Å². The summed E-state index contributed by atoms with van der Waals surface area (Å²) in [5, 5.41) is 6.13. The predicted octanol–water partition coefficient (Wildman–Crippen LogP) is 12.8. The van der Waals surface area contributed by atoms with Crippen LogP contribution in [0.3, 0.4) is 0 Å². The Labute approximate surface area is 362 Å². The van der Waals surface area contributed by atoms with Crippen molar-refractivity contribution in [3.63, 3.8) is 0 Å². The van der Waals surface area contributed by atoms with Gasteiger partial charge in [-0.05, 0) is 100 Å². The fraction of sp³-hybridized carbons (Fsp3) is 0.273. The van der Waals surface area contributed by atoms with Gasteiger partial charge >= 0.3 is 0 Å². The van der Waals surface area contributed by atoms with E-state index >= 15 is 0 Å². The number of likely N-dealkylation sites (N-methyl/N-ethyl adjacent to an activating group) is 2. The summed E-state index contributed by atoms with van der Waals surface area (Å²) in [6, 6.07) is 14.4. The molecule has 10 rings (SSSR count). The van der Waals surface area contributed by atoms with E-state index in [1.807, 2.05) is 12.1 Å². The fourth-order valence-corrected chi connectivity index (χ4v) is 11.9. The SMILES string of the molecule is CCN1CC=C(c2cc3c(Cl)ccnc3s2)C1(C)C.CCN1CC=C(c2cc3c(Nc4cc5ncsc5cc4F)ccnc3s2)C1(C)C.Nc1cc2ncsc2cc1F. The molecule has 2 aliphatic heterocycles. The summed E-state index contributed by atoms with van der Waals surface area (Å²) in [5.41, 5.74) is 14.6. The number of nitrogen functional groups attached to an aromatic ring is 1. The third-order valence-electron chi connectivity index (χ3n) is 11.2. The van der Waals surface area contributed by atoms with Crippen LogP contribution >= 0.6 is 56.9 Å². The number of thiophene rings is 2. The molecule has 2 aliphatic rings. The van der Waals surface area contributed by atoms with Crippen LogP contribution < -0.4 is 11.1 Å². The monoisotopic (exact) mass is 884 g/mol. The van der Waals surface area contributed by atoms with Gasteiger partial charge in [0.05, 0.1) is 53.5 Å². The number of fused-ring (bicyclic) bond motifs is 4. The smallest absolute Gasteiger partial charge is 0.148 e. The van der Waals surface area contributed by atoms with E-state index < -0.39 is 0 Å². The number of rotatable bonds is 6. The summed E-state index contributed by atoms with van der Waals surface area (Å²) < 4.78 is 29.1. The van der Waals surface area contributed by atoms with Crippen molar-refractivity contribution >= 4 is 126 Å². The highest BCUT2D eigenvalue weighted by Gasteiger charge is 2.36. The molecule has 0 aliphatic carbocycles. The van der Waals surface area contributed by atoms with Gasteiger partial charge < -0.3 is 11.1 Å². The lowest BCUT2D eigenvalue weighted by atomic mass is 9.94. The third-order valence-corrected chi connectivity index (χ3v) is 15.2. The predicted molar refractivity (Wildman–Crippen MR) is 250 cm³/mol. The molecular formula is C44H43ClF2N8S4. The maximum atomic E-state index is 14.6. The molecule has 59 heavy (non-hydrogen) atoms. The molecule has 0 bridgehead atoms. The summed E-state index contributed by atoms with van der Waals surface area (Å²) in [6.07, 6.45) is 8.20. The molecule has 6 aromatic heterocycles. The molecule has 0 spiro atoms. The van der Waals surface area contributed by atoms with Gasteiger partial charge in [0.25, 0.3) is 0 Å². The summed E-state index contributed by atoms with van der Waals surface area (Å²) in [7, 11) is 0. The normalized spacial score (nSPS) is 16.3. The van der Waals surface area contributed by atoms with Crippen LogP contribution in [0.5, 0.6) is 0 Å². The van der Waals surface area contributed by atoms with E-state index in [1.165, 1.54) is 55.7 Å². The topological polar surface area (TPSA) is 96.1 Å². The lowest BCUT2D eigenvalue weighted by molar-refractivity contribution is 0.217. The van der Waals surface area contributed by atoms with Crippen LogP contribution in [0.15, 0.2) is 84.1 Å². The minimum absolute atomic E-state index is 0.00895. The first-order chi connectivity index (χ1) is 28.3. The first-order valence-corrected chi connectivity index (χ1v) is 23.0. The first kappa shape index (κ1) is 41.3. The molecule has 304 valence electrons. The van der Waals surface area contributed by atoms with Crippen molar-refractivity contribution in [1.82, 2.24) is 29.7 Å². The van der Waals surface area contributed by atoms with Gasteiger partial charge in [-0.3, -0.25) is 9.80 Å². The second-order valence-corrected chi connectivity index (χ2v) is 19.5. The van der Waals surface area contributed by atoms with Gasteiger partial charge in [-0.25, -0.2) is 28.7 Å². The van der Waals surface area contributed by atoms with E-state index in [0.717, 1.165) is 77.8 Å². The molecule has 3 N–H and O–H groups in total. The van der Waals surface area contributed by atoms with E-state index in [9.17, 15) is 8.78 Å². The number of halogens is 3. The second kappa shape index (κ2) is 16.6. The Kier molecular flexibility index (Phi) is 11.6. The van der Waals surface area contributed by atoms with E-state index in [4.69, 9.17) is 17.3 Å². The molecule has 0 unspecified atom stereocenters. The number of nitrogens with one attached hydrogen (secondary N) is 1. The summed E-state index contributed by atoms with van der Waals surface area (Å²) in [4.78, 5) is 26.7. The van der Waals surface area contributed by atoms with Gasteiger partial charge in [-0.15, -0.1) is 45.3 Å². The molecule has 8 nitrogen and oxygen atoms in total. The Morgan fingerprint density at radius 1 is 0.695 bits per heavy atom. The van der Waals surface area contributed by atoms with Crippen molar-refractivity contribution in [2.45, 2.75) is 52.6 Å². The highest BCUT2D eigenvalue weighted by atomic mass is 35.5. The zero-order valence-electron chi connectivity index (χ0n) is 33.4. The number of anilines is 3. The summed E-state index contributed by atoms with van der Waals surface area (Å²) in [6.45, 7) is 17.6. The van der Waals surface area contributed by atoms with Crippen LogP contribution in [-0.2, 0) is 0 Å². The Bertz CT molecular complexity index is 2850. The fourth-order valence-electron chi connectivity index (χ4n) is 7.79. The maximum Gasteiger partial charge on any atom is 0.148 e. The number of thiazole rings is 2. The Balaban J connectivity index is 0.000000137. The van der Waals surface area contributed by atoms with Crippen LogP contribution in [0.2, 0.25) is 5.02 Å². The van der Waals surface area contributed by atoms with Crippen LogP contribution in [-0.4, -0.2) is 67.0 Å². The summed E-state index contributed by atoms with van der Waals surface area (Å²) >= 11 is 12.5. The van der Waals surface area contributed by atoms with Crippen molar-refractivity contribution in [2.75, 3.05) is 37.2 Å². The minimum atomic E-state index is -0.373. The van der Waals surface area contributed by atoms with Crippen LogP contribution in [0, 0.1) is 11.6 Å². The van der Waals surface area contributed by atoms with Crippen molar-refractivity contribution < 1.29 is 8.78 Å². The van der Waals surface area contributed by atoms with Crippen molar-refractivity contribution in [2.24, 2.45) is 0 Å².